The molecule has 0 atom stereocenters. The van der Waals surface area contributed by atoms with Crippen molar-refractivity contribution < 1.29 is 4.74 Å². The lowest BCUT2D eigenvalue weighted by molar-refractivity contribution is 0.152. The Kier molecular flexibility index (Phi) is 3.29. The summed E-state index contributed by atoms with van der Waals surface area (Å²) < 4.78 is 6.66. The van der Waals surface area contributed by atoms with Gasteiger partial charge in [0.25, 0.3) is 0 Å². The van der Waals surface area contributed by atoms with Crippen LogP contribution in [0.1, 0.15) is 6.42 Å². The van der Waals surface area contributed by atoms with E-state index in [1.807, 2.05) is 13.1 Å². The number of nitrogens with zero attached hydrogens (tertiary/aromatic N) is 3. The largest absolute Gasteiger partial charge is 0.380 e. The Morgan fingerprint density at radius 2 is 2.28 bits per heavy atom. The number of thiophene rings is 1. The SMILES string of the molecule is CNc1nc(N2CCCOCC2)c2sccc2n1. The van der Waals surface area contributed by atoms with Gasteiger partial charge < -0.3 is 15.0 Å². The number of fused-ring (bicyclic) bond motifs is 1. The lowest BCUT2D eigenvalue weighted by atomic mass is 10.3. The van der Waals surface area contributed by atoms with Crippen molar-refractivity contribution in [3.63, 3.8) is 0 Å². The topological polar surface area (TPSA) is 50.3 Å². The van der Waals surface area contributed by atoms with Crippen LogP contribution in [0.2, 0.25) is 0 Å². The highest BCUT2D eigenvalue weighted by Crippen LogP contribution is 2.30. The smallest absolute Gasteiger partial charge is 0.225 e. The van der Waals surface area contributed by atoms with Gasteiger partial charge in [-0.25, -0.2) is 4.98 Å². The maximum atomic E-state index is 5.50. The normalized spacial score (nSPS) is 16.8. The molecule has 3 rings (SSSR count). The minimum atomic E-state index is 0.682. The van der Waals surface area contributed by atoms with Gasteiger partial charge in [-0.1, -0.05) is 0 Å². The number of nitrogens with one attached hydrogen (secondary N) is 1. The minimum absolute atomic E-state index is 0.682. The summed E-state index contributed by atoms with van der Waals surface area (Å²) in [6.07, 6.45) is 1.05. The highest BCUT2D eigenvalue weighted by atomic mass is 32.1. The Morgan fingerprint density at radius 3 is 3.17 bits per heavy atom. The van der Waals surface area contributed by atoms with Crippen LogP contribution in [0.3, 0.4) is 0 Å². The van der Waals surface area contributed by atoms with E-state index >= 15 is 0 Å². The first-order chi connectivity index (χ1) is 8.88. The Morgan fingerprint density at radius 1 is 1.33 bits per heavy atom. The zero-order valence-electron chi connectivity index (χ0n) is 10.3. The molecule has 2 aromatic heterocycles. The van der Waals surface area contributed by atoms with E-state index in [2.05, 4.69) is 25.6 Å². The van der Waals surface area contributed by atoms with Crippen molar-refractivity contribution in [2.45, 2.75) is 6.42 Å². The lowest BCUT2D eigenvalue weighted by Gasteiger charge is -2.21. The number of ether oxygens (including phenoxy) is 1. The quantitative estimate of drug-likeness (QED) is 0.898. The molecule has 1 aliphatic rings. The van der Waals surface area contributed by atoms with Crippen molar-refractivity contribution in [3.8, 4) is 0 Å². The first kappa shape index (κ1) is 11.7. The van der Waals surface area contributed by atoms with E-state index in [1.54, 1.807) is 11.3 Å². The molecule has 0 bridgehead atoms. The van der Waals surface area contributed by atoms with Crippen molar-refractivity contribution in [1.29, 1.82) is 0 Å². The molecule has 1 saturated heterocycles. The summed E-state index contributed by atoms with van der Waals surface area (Å²) in [5.74, 6) is 1.71. The summed E-state index contributed by atoms with van der Waals surface area (Å²) in [5, 5.41) is 5.09. The van der Waals surface area contributed by atoms with Gasteiger partial charge in [0.15, 0.2) is 5.82 Å². The molecule has 0 saturated carbocycles. The van der Waals surface area contributed by atoms with E-state index in [0.717, 1.165) is 48.8 Å². The summed E-state index contributed by atoms with van der Waals surface area (Å²) in [4.78, 5) is 11.4. The second kappa shape index (κ2) is 5.07. The summed E-state index contributed by atoms with van der Waals surface area (Å²) in [6, 6.07) is 2.04. The summed E-state index contributed by atoms with van der Waals surface area (Å²) in [7, 11) is 1.85. The third-order valence-electron chi connectivity index (χ3n) is 3.03. The van der Waals surface area contributed by atoms with Crippen LogP contribution >= 0.6 is 11.3 Å². The molecule has 0 amide bonds. The van der Waals surface area contributed by atoms with Gasteiger partial charge in [-0.15, -0.1) is 11.3 Å². The van der Waals surface area contributed by atoms with Crippen LogP contribution in [-0.4, -0.2) is 43.3 Å². The number of hydrogen-bond donors (Lipinski definition) is 1. The second-order valence-electron chi connectivity index (χ2n) is 4.21. The molecule has 2 aromatic rings. The summed E-state index contributed by atoms with van der Waals surface area (Å²) >= 11 is 1.70. The van der Waals surface area contributed by atoms with Crippen LogP contribution in [0.15, 0.2) is 11.4 Å². The predicted octanol–water partition coefficient (Wildman–Crippen LogP) is 1.96. The molecular formula is C12H16N4OS. The van der Waals surface area contributed by atoms with Gasteiger partial charge in [-0.3, -0.25) is 0 Å². The molecule has 0 aliphatic carbocycles. The van der Waals surface area contributed by atoms with E-state index < -0.39 is 0 Å². The first-order valence-electron chi connectivity index (χ1n) is 6.14. The third-order valence-corrected chi connectivity index (χ3v) is 3.93. The van der Waals surface area contributed by atoms with Crippen molar-refractivity contribution in [1.82, 2.24) is 9.97 Å². The standard InChI is InChI=1S/C12H16N4OS/c1-13-12-14-9-3-8-18-10(9)11(15-12)16-4-2-6-17-7-5-16/h3,8H,2,4-7H2,1H3,(H,13,14,15). The zero-order chi connectivity index (χ0) is 12.4. The molecule has 6 heteroatoms. The van der Waals surface area contributed by atoms with Crippen LogP contribution in [0, 0.1) is 0 Å². The first-order valence-corrected chi connectivity index (χ1v) is 7.02. The van der Waals surface area contributed by atoms with Crippen molar-refractivity contribution >= 4 is 33.3 Å². The molecule has 0 aromatic carbocycles. The predicted molar refractivity (Wildman–Crippen MR) is 74.6 cm³/mol. The maximum Gasteiger partial charge on any atom is 0.225 e. The van der Waals surface area contributed by atoms with Gasteiger partial charge in [0.1, 0.15) is 0 Å². The van der Waals surface area contributed by atoms with E-state index in [9.17, 15) is 0 Å². The van der Waals surface area contributed by atoms with Crippen LogP contribution < -0.4 is 10.2 Å². The molecule has 1 fully saturated rings. The van der Waals surface area contributed by atoms with Crippen molar-refractivity contribution in [3.05, 3.63) is 11.4 Å². The number of hydrogen-bond acceptors (Lipinski definition) is 6. The molecule has 0 unspecified atom stereocenters. The third kappa shape index (κ3) is 2.13. The van der Waals surface area contributed by atoms with Crippen LogP contribution in [0.25, 0.3) is 10.2 Å². The maximum absolute atomic E-state index is 5.50. The molecule has 0 spiro atoms. The fraction of sp³-hybridized carbons (Fsp3) is 0.500. The Hall–Kier alpha value is -1.40. The van der Waals surface area contributed by atoms with Crippen LogP contribution in [-0.2, 0) is 4.74 Å². The van der Waals surface area contributed by atoms with Crippen LogP contribution in [0.5, 0.6) is 0 Å². The number of rotatable bonds is 2. The Balaban J connectivity index is 2.04. The zero-order valence-corrected chi connectivity index (χ0v) is 11.2. The van der Waals surface area contributed by atoms with E-state index in [-0.39, 0.29) is 0 Å². The van der Waals surface area contributed by atoms with Crippen molar-refractivity contribution in [2.24, 2.45) is 0 Å². The average molecular weight is 264 g/mol. The fourth-order valence-corrected chi connectivity index (χ4v) is 2.98. The molecular weight excluding hydrogens is 248 g/mol. The molecule has 1 aliphatic heterocycles. The average Bonchev–Trinajstić information content (AvgIpc) is 2.70. The van der Waals surface area contributed by atoms with Crippen LogP contribution in [0.4, 0.5) is 11.8 Å². The molecule has 96 valence electrons. The monoisotopic (exact) mass is 264 g/mol. The highest BCUT2D eigenvalue weighted by Gasteiger charge is 2.16. The van der Waals surface area contributed by atoms with Crippen molar-refractivity contribution in [2.75, 3.05) is 43.6 Å². The van der Waals surface area contributed by atoms with Gasteiger partial charge in [-0.05, 0) is 17.9 Å². The highest BCUT2D eigenvalue weighted by molar-refractivity contribution is 7.17. The second-order valence-corrected chi connectivity index (χ2v) is 5.12. The van der Waals surface area contributed by atoms with E-state index in [1.165, 1.54) is 0 Å². The number of aromatic nitrogens is 2. The summed E-state index contributed by atoms with van der Waals surface area (Å²) in [5.41, 5.74) is 1.01. The van der Waals surface area contributed by atoms with Gasteiger partial charge in [0, 0.05) is 26.7 Å². The molecule has 5 nitrogen and oxygen atoms in total. The number of anilines is 2. The minimum Gasteiger partial charge on any atom is -0.380 e. The van der Waals surface area contributed by atoms with E-state index in [0.29, 0.717) is 5.95 Å². The molecule has 18 heavy (non-hydrogen) atoms. The van der Waals surface area contributed by atoms with E-state index in [4.69, 9.17) is 4.74 Å². The van der Waals surface area contributed by atoms with Gasteiger partial charge in [-0.2, -0.15) is 4.98 Å². The Labute approximate surface area is 110 Å². The van der Waals surface area contributed by atoms with Gasteiger partial charge in [0.2, 0.25) is 5.95 Å². The lowest BCUT2D eigenvalue weighted by Crippen LogP contribution is -2.27. The van der Waals surface area contributed by atoms with Gasteiger partial charge >= 0.3 is 0 Å². The molecule has 1 N–H and O–H groups in total. The van der Waals surface area contributed by atoms with Gasteiger partial charge in [0.05, 0.1) is 16.8 Å². The molecule has 0 radical (unpaired) electrons. The molecule has 3 heterocycles. The Bertz CT molecular complexity index is 534. The fourth-order valence-electron chi connectivity index (χ4n) is 2.13. The summed E-state index contributed by atoms with van der Waals surface area (Å²) in [6.45, 7) is 3.50.